The van der Waals surface area contributed by atoms with Crippen molar-refractivity contribution in [2.24, 2.45) is 0 Å². The van der Waals surface area contributed by atoms with Gasteiger partial charge in [-0.25, -0.2) is 4.79 Å². The molecule has 0 unspecified atom stereocenters. The molecular weight excluding hydrogens is 367 g/mol. The summed E-state index contributed by atoms with van der Waals surface area (Å²) < 4.78 is 38.5. The third kappa shape index (κ3) is 4.40. The Hall–Kier alpha value is -2.41. The Morgan fingerprint density at radius 2 is 1.69 bits per heavy atom. The van der Waals surface area contributed by atoms with Crippen molar-refractivity contribution in [3.8, 4) is 0 Å². The molecule has 0 spiro atoms. The third-order valence-corrected chi connectivity index (χ3v) is 4.42. The van der Waals surface area contributed by atoms with E-state index in [1.807, 2.05) is 4.90 Å². The van der Waals surface area contributed by atoms with E-state index in [1.165, 1.54) is 6.07 Å². The predicted octanol–water partition coefficient (Wildman–Crippen LogP) is 4.71. The molecule has 0 atom stereocenters. The molecule has 0 aromatic heterocycles. The number of halogens is 4. The van der Waals surface area contributed by atoms with E-state index in [1.54, 1.807) is 35.2 Å². The summed E-state index contributed by atoms with van der Waals surface area (Å²) in [6.45, 7) is 1.76. The Kier molecular flexibility index (Phi) is 5.27. The summed E-state index contributed by atoms with van der Waals surface area (Å²) >= 11 is 5.89. The SMILES string of the molecule is O=C(Nc1cccc(Cl)c1)N1CCN(c2cccc(C(F)(F)F)c2)CC1. The van der Waals surface area contributed by atoms with Gasteiger partial charge in [-0.15, -0.1) is 0 Å². The molecule has 1 N–H and O–H groups in total. The van der Waals surface area contributed by atoms with Crippen molar-refractivity contribution in [1.82, 2.24) is 4.90 Å². The molecular formula is C18H17ClF3N3O. The van der Waals surface area contributed by atoms with E-state index in [4.69, 9.17) is 11.6 Å². The summed E-state index contributed by atoms with van der Waals surface area (Å²) in [5.74, 6) is 0. The lowest BCUT2D eigenvalue weighted by atomic mass is 10.1. The highest BCUT2D eigenvalue weighted by molar-refractivity contribution is 6.30. The van der Waals surface area contributed by atoms with Crippen LogP contribution in [0.25, 0.3) is 0 Å². The van der Waals surface area contributed by atoms with E-state index in [0.29, 0.717) is 42.6 Å². The fourth-order valence-electron chi connectivity index (χ4n) is 2.82. The first-order valence-electron chi connectivity index (χ1n) is 8.06. The summed E-state index contributed by atoms with van der Waals surface area (Å²) in [5.41, 5.74) is 0.439. The molecule has 1 aliphatic rings. The number of carbonyl (C=O) groups is 1. The second kappa shape index (κ2) is 7.45. The van der Waals surface area contributed by atoms with Crippen molar-refractivity contribution in [2.75, 3.05) is 36.4 Å². The topological polar surface area (TPSA) is 35.6 Å². The van der Waals surface area contributed by atoms with Crippen LogP contribution < -0.4 is 10.2 Å². The molecule has 2 amide bonds. The van der Waals surface area contributed by atoms with Crippen LogP contribution >= 0.6 is 11.6 Å². The van der Waals surface area contributed by atoms with Crippen LogP contribution in [-0.4, -0.2) is 37.1 Å². The van der Waals surface area contributed by atoms with Gasteiger partial charge in [-0.3, -0.25) is 0 Å². The smallest absolute Gasteiger partial charge is 0.368 e. The number of amides is 2. The summed E-state index contributed by atoms with van der Waals surface area (Å²) in [4.78, 5) is 15.8. The zero-order valence-corrected chi connectivity index (χ0v) is 14.5. The Bertz CT molecular complexity index is 789. The van der Waals surface area contributed by atoms with Crippen molar-refractivity contribution < 1.29 is 18.0 Å². The average molecular weight is 384 g/mol. The second-order valence-electron chi connectivity index (χ2n) is 5.96. The largest absolute Gasteiger partial charge is 0.416 e. The molecule has 2 aromatic carbocycles. The van der Waals surface area contributed by atoms with Gasteiger partial charge in [0, 0.05) is 42.6 Å². The summed E-state index contributed by atoms with van der Waals surface area (Å²) in [5, 5.41) is 3.30. The predicted molar refractivity (Wildman–Crippen MR) is 95.7 cm³/mol. The van der Waals surface area contributed by atoms with Gasteiger partial charge < -0.3 is 15.1 Å². The van der Waals surface area contributed by atoms with Gasteiger partial charge >= 0.3 is 12.2 Å². The maximum Gasteiger partial charge on any atom is 0.416 e. The molecule has 0 radical (unpaired) electrons. The number of nitrogens with one attached hydrogen (secondary N) is 1. The molecule has 138 valence electrons. The lowest BCUT2D eigenvalue weighted by Gasteiger charge is -2.36. The van der Waals surface area contributed by atoms with Crippen LogP contribution in [0.5, 0.6) is 0 Å². The van der Waals surface area contributed by atoms with Gasteiger partial charge in [0.2, 0.25) is 0 Å². The normalized spacial score (nSPS) is 15.1. The standard InChI is InChI=1S/C18H17ClF3N3O/c19-14-4-2-5-15(12-14)23-17(26)25-9-7-24(8-10-25)16-6-1-3-13(11-16)18(20,21)22/h1-6,11-12H,7-10H2,(H,23,26). The van der Waals surface area contributed by atoms with Crippen LogP contribution in [-0.2, 0) is 6.18 Å². The van der Waals surface area contributed by atoms with Gasteiger partial charge in [0.05, 0.1) is 5.56 Å². The van der Waals surface area contributed by atoms with Crippen molar-refractivity contribution in [3.05, 3.63) is 59.1 Å². The van der Waals surface area contributed by atoms with Gasteiger partial charge in [-0.05, 0) is 36.4 Å². The number of anilines is 2. The number of carbonyl (C=O) groups excluding carboxylic acids is 1. The molecule has 1 heterocycles. The van der Waals surface area contributed by atoms with Gasteiger partial charge in [-0.2, -0.15) is 13.2 Å². The van der Waals surface area contributed by atoms with E-state index in [-0.39, 0.29) is 6.03 Å². The van der Waals surface area contributed by atoms with Crippen LogP contribution in [0.3, 0.4) is 0 Å². The molecule has 0 aliphatic carbocycles. The first-order valence-corrected chi connectivity index (χ1v) is 8.44. The van der Waals surface area contributed by atoms with E-state index < -0.39 is 11.7 Å². The quantitative estimate of drug-likeness (QED) is 0.815. The van der Waals surface area contributed by atoms with E-state index >= 15 is 0 Å². The maximum absolute atomic E-state index is 12.8. The highest BCUT2D eigenvalue weighted by Gasteiger charge is 2.31. The molecule has 8 heteroatoms. The number of rotatable bonds is 2. The van der Waals surface area contributed by atoms with Gasteiger partial charge in [-0.1, -0.05) is 23.7 Å². The highest BCUT2D eigenvalue weighted by atomic mass is 35.5. The average Bonchev–Trinajstić information content (AvgIpc) is 2.61. The Morgan fingerprint density at radius 1 is 1.00 bits per heavy atom. The zero-order chi connectivity index (χ0) is 18.7. The third-order valence-electron chi connectivity index (χ3n) is 4.18. The van der Waals surface area contributed by atoms with E-state index in [9.17, 15) is 18.0 Å². The molecule has 4 nitrogen and oxygen atoms in total. The number of benzene rings is 2. The summed E-state index contributed by atoms with van der Waals surface area (Å²) in [6.07, 6.45) is -4.37. The second-order valence-corrected chi connectivity index (χ2v) is 6.40. The lowest BCUT2D eigenvalue weighted by Crippen LogP contribution is -2.50. The minimum absolute atomic E-state index is 0.254. The van der Waals surface area contributed by atoms with E-state index in [0.717, 1.165) is 12.1 Å². The van der Waals surface area contributed by atoms with Crippen molar-refractivity contribution in [3.63, 3.8) is 0 Å². The number of urea groups is 1. The molecule has 0 saturated carbocycles. The number of hydrogen-bond acceptors (Lipinski definition) is 2. The molecule has 1 fully saturated rings. The first kappa shape index (κ1) is 18.4. The Balaban J connectivity index is 1.60. The van der Waals surface area contributed by atoms with Crippen molar-refractivity contribution in [2.45, 2.75) is 6.18 Å². The van der Waals surface area contributed by atoms with Crippen LogP contribution in [0, 0.1) is 0 Å². The van der Waals surface area contributed by atoms with Crippen LogP contribution in [0.15, 0.2) is 48.5 Å². The van der Waals surface area contributed by atoms with Gasteiger partial charge in [0.1, 0.15) is 0 Å². The number of hydrogen-bond donors (Lipinski definition) is 1. The molecule has 2 aromatic rings. The minimum atomic E-state index is -4.37. The molecule has 26 heavy (non-hydrogen) atoms. The van der Waals surface area contributed by atoms with Gasteiger partial charge in [0.25, 0.3) is 0 Å². The molecule has 1 aliphatic heterocycles. The summed E-state index contributed by atoms with van der Waals surface area (Å²) in [7, 11) is 0. The molecule has 3 rings (SSSR count). The fourth-order valence-corrected chi connectivity index (χ4v) is 3.01. The van der Waals surface area contributed by atoms with Crippen molar-refractivity contribution in [1.29, 1.82) is 0 Å². The number of piperazine rings is 1. The van der Waals surface area contributed by atoms with Crippen LogP contribution in [0.1, 0.15) is 5.56 Å². The fraction of sp³-hybridized carbons (Fsp3) is 0.278. The molecule has 0 bridgehead atoms. The van der Waals surface area contributed by atoms with Crippen molar-refractivity contribution >= 4 is 29.0 Å². The lowest BCUT2D eigenvalue weighted by molar-refractivity contribution is -0.137. The van der Waals surface area contributed by atoms with Crippen LogP contribution in [0.4, 0.5) is 29.3 Å². The van der Waals surface area contributed by atoms with Crippen LogP contribution in [0.2, 0.25) is 5.02 Å². The maximum atomic E-state index is 12.8. The number of nitrogens with zero attached hydrogens (tertiary/aromatic N) is 2. The van der Waals surface area contributed by atoms with E-state index in [2.05, 4.69) is 5.32 Å². The summed E-state index contributed by atoms with van der Waals surface area (Å²) in [6, 6.07) is 11.8. The van der Waals surface area contributed by atoms with Gasteiger partial charge in [0.15, 0.2) is 0 Å². The Labute approximate surface area is 154 Å². The Morgan fingerprint density at radius 3 is 2.35 bits per heavy atom. The highest BCUT2D eigenvalue weighted by Crippen LogP contribution is 2.31. The molecule has 1 saturated heterocycles. The zero-order valence-electron chi connectivity index (χ0n) is 13.8. The monoisotopic (exact) mass is 383 g/mol. The first-order chi connectivity index (χ1) is 12.3. The number of alkyl halides is 3. The minimum Gasteiger partial charge on any atom is -0.368 e.